The maximum atomic E-state index is 9.44. The maximum absolute atomic E-state index is 9.44. The highest BCUT2D eigenvalue weighted by molar-refractivity contribution is 5.72. The van der Waals surface area contributed by atoms with Crippen LogP contribution in [0.25, 0.3) is 0 Å². The molecule has 0 fully saturated rings. The van der Waals surface area contributed by atoms with Gasteiger partial charge in [0.25, 0.3) is 0 Å². The van der Waals surface area contributed by atoms with Crippen molar-refractivity contribution >= 4 is 5.78 Å². The second-order valence-corrected chi connectivity index (χ2v) is 10.3. The van der Waals surface area contributed by atoms with Crippen molar-refractivity contribution in [3.63, 3.8) is 0 Å². The first kappa shape index (κ1) is 43.6. The minimum Gasteiger partial charge on any atom is -0.353 e. The lowest BCUT2D eigenvalue weighted by molar-refractivity contribution is -0.148. The van der Waals surface area contributed by atoms with Crippen LogP contribution in [0, 0.1) is 0 Å². The molecule has 4 heteroatoms. The molecule has 0 aromatic carbocycles. The van der Waals surface area contributed by atoms with Crippen molar-refractivity contribution in [2.24, 2.45) is 5.73 Å². The molecule has 0 radical (unpaired) electrons. The molecule has 0 heterocycles. The highest BCUT2D eigenvalue weighted by atomic mass is 16.7. The van der Waals surface area contributed by atoms with E-state index in [0.29, 0.717) is 0 Å². The highest BCUT2D eigenvalue weighted by Crippen LogP contribution is 2.13. The third-order valence-corrected chi connectivity index (χ3v) is 5.50. The van der Waals surface area contributed by atoms with Crippen LogP contribution < -0.4 is 5.73 Å². The smallest absolute Gasteiger partial charge is 0.157 e. The van der Waals surface area contributed by atoms with Gasteiger partial charge in [0.2, 0.25) is 0 Å². The summed E-state index contributed by atoms with van der Waals surface area (Å²) in [6.45, 7) is 18.7. The van der Waals surface area contributed by atoms with Gasteiger partial charge in [-0.1, -0.05) is 138 Å². The quantitative estimate of drug-likeness (QED) is 0.105. The zero-order chi connectivity index (χ0) is 28.8. The molecule has 0 aliphatic rings. The van der Waals surface area contributed by atoms with E-state index in [2.05, 4.69) is 41.5 Å². The van der Waals surface area contributed by atoms with Gasteiger partial charge in [-0.05, 0) is 52.5 Å². The fourth-order valence-corrected chi connectivity index (χ4v) is 3.22. The van der Waals surface area contributed by atoms with Crippen molar-refractivity contribution < 1.29 is 14.3 Å². The van der Waals surface area contributed by atoms with Gasteiger partial charge in [0, 0.05) is 13.2 Å². The minimum atomic E-state index is 0.0131. The minimum absolute atomic E-state index is 0.0131. The van der Waals surface area contributed by atoms with Gasteiger partial charge in [-0.25, -0.2) is 0 Å². The predicted molar refractivity (Wildman–Crippen MR) is 167 cm³/mol. The molecule has 0 atom stereocenters. The molecule has 0 aromatic rings. The van der Waals surface area contributed by atoms with Crippen LogP contribution in [-0.4, -0.2) is 31.8 Å². The van der Waals surface area contributed by atoms with E-state index < -0.39 is 0 Å². The van der Waals surface area contributed by atoms with Crippen molar-refractivity contribution in [1.29, 1.82) is 0 Å². The Balaban J connectivity index is -0.000000415. The van der Waals surface area contributed by atoms with E-state index in [1.807, 2.05) is 0 Å². The first-order valence-electron chi connectivity index (χ1n) is 16.3. The molecule has 4 nitrogen and oxygen atoms in total. The number of carbonyl (C=O) groups is 1. The van der Waals surface area contributed by atoms with Crippen LogP contribution in [0.2, 0.25) is 0 Å². The normalized spacial score (nSPS) is 10.1. The summed E-state index contributed by atoms with van der Waals surface area (Å²) in [5, 5.41) is 0. The summed E-state index contributed by atoms with van der Waals surface area (Å²) in [5.74, 6) is 0.167. The number of ketones is 1. The van der Waals surface area contributed by atoms with E-state index in [0.717, 1.165) is 32.6 Å². The molecule has 0 saturated heterocycles. The lowest BCUT2D eigenvalue weighted by Gasteiger charge is -2.19. The fourth-order valence-electron chi connectivity index (χ4n) is 3.22. The molecule has 0 aliphatic heterocycles. The van der Waals surface area contributed by atoms with Crippen molar-refractivity contribution in [1.82, 2.24) is 0 Å². The van der Waals surface area contributed by atoms with Crippen LogP contribution >= 0.6 is 0 Å². The van der Waals surface area contributed by atoms with Crippen LogP contribution in [0.15, 0.2) is 0 Å². The van der Waals surface area contributed by atoms with Crippen molar-refractivity contribution in [2.45, 2.75) is 190 Å². The molecule has 2 N–H and O–H groups in total. The zero-order valence-electron chi connectivity index (χ0n) is 27.1. The molecule has 0 aromatic heterocycles. The molecule has 228 valence electrons. The molecule has 0 amide bonds. The number of rotatable bonds is 23. The number of hydrogen-bond donors (Lipinski definition) is 1. The third-order valence-electron chi connectivity index (χ3n) is 5.50. The van der Waals surface area contributed by atoms with E-state index in [1.54, 1.807) is 0 Å². The standard InChI is InChI=1S/C23H49NO2.C4H10.C3H6O.C3H8/c1-3-5-7-9-13-17-21-25-23(19-15-11-12-16-20-24)26-22-18-14-10-8-6-4-2;1-3-4-2;1-3(2)4;1-3-2/h23H,3-22,24H2,1-2H3;3-4H2,1-2H3;1-2H3;3H2,1-2H3. The Labute approximate surface area is 235 Å². The molecule has 0 aliphatic carbocycles. The first-order valence-corrected chi connectivity index (χ1v) is 16.3. The Kier molecular flexibility index (Phi) is 53.6. The average molecular weight is 532 g/mol. The van der Waals surface area contributed by atoms with Gasteiger partial charge in [0.05, 0.1) is 0 Å². The summed E-state index contributed by atoms with van der Waals surface area (Å²) in [5.41, 5.74) is 5.57. The Bertz CT molecular complexity index is 339. The lowest BCUT2D eigenvalue weighted by Crippen LogP contribution is -2.19. The second kappa shape index (κ2) is 45.5. The Morgan fingerprint density at radius 2 is 0.865 bits per heavy atom. The monoisotopic (exact) mass is 532 g/mol. The predicted octanol–water partition coefficient (Wildman–Crippen LogP) is 10.8. The number of ether oxygens (including phenoxy) is 2. The largest absolute Gasteiger partial charge is 0.353 e. The van der Waals surface area contributed by atoms with Crippen LogP contribution in [-0.2, 0) is 14.3 Å². The zero-order valence-corrected chi connectivity index (χ0v) is 27.1. The summed E-state index contributed by atoms with van der Waals surface area (Å²) in [6.07, 6.45) is 25.5. The van der Waals surface area contributed by atoms with E-state index in [-0.39, 0.29) is 12.1 Å². The summed E-state index contributed by atoms with van der Waals surface area (Å²) in [6, 6.07) is 0. The molecule has 0 bridgehead atoms. The van der Waals surface area contributed by atoms with Gasteiger partial charge in [0.1, 0.15) is 5.78 Å². The van der Waals surface area contributed by atoms with E-state index >= 15 is 0 Å². The van der Waals surface area contributed by atoms with Gasteiger partial charge in [-0.15, -0.1) is 0 Å². The Morgan fingerprint density at radius 3 is 1.22 bits per heavy atom. The lowest BCUT2D eigenvalue weighted by atomic mass is 10.1. The number of Topliss-reactive ketones (excluding diaryl/α,β-unsaturated/α-hetero) is 1. The fraction of sp³-hybridized carbons (Fsp3) is 0.970. The van der Waals surface area contributed by atoms with Crippen LogP contribution in [0.5, 0.6) is 0 Å². The van der Waals surface area contributed by atoms with Crippen molar-refractivity contribution in [2.75, 3.05) is 19.8 Å². The van der Waals surface area contributed by atoms with E-state index in [4.69, 9.17) is 15.2 Å². The first-order chi connectivity index (χ1) is 17.9. The van der Waals surface area contributed by atoms with Gasteiger partial charge < -0.3 is 20.0 Å². The summed E-state index contributed by atoms with van der Waals surface area (Å²) < 4.78 is 12.1. The van der Waals surface area contributed by atoms with Crippen LogP contribution in [0.4, 0.5) is 0 Å². The molecular formula is C33H73NO3. The summed E-state index contributed by atoms with van der Waals surface area (Å²) in [4.78, 5) is 9.44. The number of hydrogen-bond acceptors (Lipinski definition) is 4. The van der Waals surface area contributed by atoms with Gasteiger partial charge >= 0.3 is 0 Å². The van der Waals surface area contributed by atoms with E-state index in [1.165, 1.54) is 129 Å². The van der Waals surface area contributed by atoms with Crippen molar-refractivity contribution in [3.8, 4) is 0 Å². The van der Waals surface area contributed by atoms with Crippen LogP contribution in [0.3, 0.4) is 0 Å². The van der Waals surface area contributed by atoms with Gasteiger partial charge in [-0.2, -0.15) is 0 Å². The highest BCUT2D eigenvalue weighted by Gasteiger charge is 2.09. The summed E-state index contributed by atoms with van der Waals surface area (Å²) >= 11 is 0. The molecule has 0 saturated carbocycles. The molecule has 37 heavy (non-hydrogen) atoms. The molecule has 0 spiro atoms. The van der Waals surface area contributed by atoms with Crippen molar-refractivity contribution in [3.05, 3.63) is 0 Å². The Hall–Kier alpha value is -0.450. The third kappa shape index (κ3) is 61.3. The second-order valence-electron chi connectivity index (χ2n) is 10.3. The molecular weight excluding hydrogens is 458 g/mol. The topological polar surface area (TPSA) is 61.5 Å². The number of unbranched alkanes of at least 4 members (excludes halogenated alkanes) is 14. The maximum Gasteiger partial charge on any atom is 0.157 e. The van der Waals surface area contributed by atoms with Gasteiger partial charge in [0.15, 0.2) is 6.29 Å². The molecule has 0 unspecified atom stereocenters. The molecule has 0 rings (SSSR count). The average Bonchev–Trinajstić information content (AvgIpc) is 2.87. The van der Waals surface area contributed by atoms with Crippen LogP contribution in [0.1, 0.15) is 184 Å². The Morgan fingerprint density at radius 1 is 0.541 bits per heavy atom. The van der Waals surface area contributed by atoms with E-state index in [9.17, 15) is 4.79 Å². The number of nitrogens with two attached hydrogens (primary N) is 1. The van der Waals surface area contributed by atoms with Gasteiger partial charge in [-0.3, -0.25) is 0 Å². The SMILES string of the molecule is CC(C)=O.CCC.CCCC.CCCCCCCCOC(CCCCCCN)OCCCCCCCC. The summed E-state index contributed by atoms with van der Waals surface area (Å²) in [7, 11) is 0. The number of carbonyl (C=O) groups excluding carboxylic acids is 1.